The second-order valence-electron chi connectivity index (χ2n) is 5.37. The first-order valence-corrected chi connectivity index (χ1v) is 8.81. The van der Waals surface area contributed by atoms with Gasteiger partial charge >= 0.3 is 0 Å². The first-order chi connectivity index (χ1) is 10.3. The Morgan fingerprint density at radius 3 is 2.55 bits per heavy atom. The molecule has 0 bridgehead atoms. The summed E-state index contributed by atoms with van der Waals surface area (Å²) in [6.07, 6.45) is 1.19. The summed E-state index contributed by atoms with van der Waals surface area (Å²) in [6.45, 7) is 3.20. The quantitative estimate of drug-likeness (QED) is 0.818. The molecule has 2 aromatic rings. The fourth-order valence-electron chi connectivity index (χ4n) is 2.58. The van der Waals surface area contributed by atoms with Crippen LogP contribution in [-0.4, -0.2) is 60.9 Å². The van der Waals surface area contributed by atoms with Crippen molar-refractivity contribution < 1.29 is 17.6 Å². The lowest BCUT2D eigenvalue weighted by Crippen LogP contribution is -2.50. The third-order valence-electron chi connectivity index (χ3n) is 3.74. The van der Waals surface area contributed by atoms with Crippen LogP contribution in [0.5, 0.6) is 0 Å². The van der Waals surface area contributed by atoms with Crippen molar-refractivity contribution >= 4 is 27.0 Å². The standard InChI is InChI=1S/C14H17N3O4S/c1-10-15-12-9-11(3-4-13(12)21-10)14(18)16-5-7-17(8-6-16)22(2,19)20/h3-4,9H,5-8H2,1-2H3. The summed E-state index contributed by atoms with van der Waals surface area (Å²) in [5.74, 6) is 0.442. The molecule has 118 valence electrons. The molecule has 1 fully saturated rings. The maximum absolute atomic E-state index is 12.5. The molecule has 0 radical (unpaired) electrons. The molecule has 0 saturated carbocycles. The molecule has 22 heavy (non-hydrogen) atoms. The highest BCUT2D eigenvalue weighted by atomic mass is 32.2. The first kappa shape index (κ1) is 15.0. The number of fused-ring (bicyclic) bond motifs is 1. The van der Waals surface area contributed by atoms with Gasteiger partial charge in [0, 0.05) is 38.7 Å². The van der Waals surface area contributed by atoms with E-state index in [-0.39, 0.29) is 5.91 Å². The Kier molecular flexibility index (Phi) is 3.65. The topological polar surface area (TPSA) is 83.7 Å². The Bertz CT molecular complexity index is 820. The zero-order chi connectivity index (χ0) is 15.9. The highest BCUT2D eigenvalue weighted by Crippen LogP contribution is 2.18. The number of carbonyl (C=O) groups is 1. The van der Waals surface area contributed by atoms with Gasteiger partial charge in [-0.2, -0.15) is 4.31 Å². The lowest BCUT2D eigenvalue weighted by molar-refractivity contribution is 0.0698. The number of oxazole rings is 1. The van der Waals surface area contributed by atoms with E-state index in [1.54, 1.807) is 30.0 Å². The van der Waals surface area contributed by atoms with Crippen LogP contribution in [0.1, 0.15) is 16.2 Å². The van der Waals surface area contributed by atoms with E-state index < -0.39 is 10.0 Å². The van der Waals surface area contributed by atoms with Gasteiger partial charge < -0.3 is 9.32 Å². The van der Waals surface area contributed by atoms with E-state index >= 15 is 0 Å². The smallest absolute Gasteiger partial charge is 0.254 e. The number of aromatic nitrogens is 1. The van der Waals surface area contributed by atoms with Gasteiger partial charge in [0.1, 0.15) is 5.52 Å². The second kappa shape index (κ2) is 5.36. The van der Waals surface area contributed by atoms with Crippen LogP contribution in [0.25, 0.3) is 11.1 Å². The largest absolute Gasteiger partial charge is 0.441 e. The average Bonchev–Trinajstić information content (AvgIpc) is 2.84. The highest BCUT2D eigenvalue weighted by Gasteiger charge is 2.26. The van der Waals surface area contributed by atoms with Crippen LogP contribution in [0.4, 0.5) is 0 Å². The van der Waals surface area contributed by atoms with E-state index in [0.29, 0.717) is 48.7 Å². The number of amides is 1. The Morgan fingerprint density at radius 2 is 1.91 bits per heavy atom. The van der Waals surface area contributed by atoms with Gasteiger partial charge in [0.05, 0.1) is 6.26 Å². The van der Waals surface area contributed by atoms with Crippen molar-refractivity contribution in [2.45, 2.75) is 6.92 Å². The molecular weight excluding hydrogens is 306 g/mol. The minimum absolute atomic E-state index is 0.115. The molecule has 1 aromatic carbocycles. The number of rotatable bonds is 2. The van der Waals surface area contributed by atoms with Gasteiger partial charge in [-0.05, 0) is 18.2 Å². The molecule has 1 aromatic heterocycles. The van der Waals surface area contributed by atoms with Crippen LogP contribution in [-0.2, 0) is 10.0 Å². The van der Waals surface area contributed by atoms with Crippen LogP contribution in [0.2, 0.25) is 0 Å². The number of hydrogen-bond acceptors (Lipinski definition) is 5. The summed E-state index contributed by atoms with van der Waals surface area (Å²) in [4.78, 5) is 18.4. The Labute approximate surface area is 128 Å². The summed E-state index contributed by atoms with van der Waals surface area (Å²) >= 11 is 0. The van der Waals surface area contributed by atoms with Crippen LogP contribution >= 0.6 is 0 Å². The maximum Gasteiger partial charge on any atom is 0.254 e. The Morgan fingerprint density at radius 1 is 1.23 bits per heavy atom. The van der Waals surface area contributed by atoms with Gasteiger partial charge in [-0.1, -0.05) is 0 Å². The van der Waals surface area contributed by atoms with E-state index in [2.05, 4.69) is 4.98 Å². The molecule has 0 spiro atoms. The fraction of sp³-hybridized carbons (Fsp3) is 0.429. The van der Waals surface area contributed by atoms with Crippen LogP contribution in [0.15, 0.2) is 22.6 Å². The molecule has 3 rings (SSSR count). The third kappa shape index (κ3) is 2.84. The number of nitrogens with zero attached hydrogens (tertiary/aromatic N) is 3. The summed E-state index contributed by atoms with van der Waals surface area (Å²) in [7, 11) is -3.19. The summed E-state index contributed by atoms with van der Waals surface area (Å²) in [6, 6.07) is 5.14. The van der Waals surface area contributed by atoms with Crippen LogP contribution in [0, 0.1) is 6.92 Å². The number of benzene rings is 1. The molecule has 2 heterocycles. The SMILES string of the molecule is Cc1nc2cc(C(=O)N3CCN(S(C)(=O)=O)CC3)ccc2o1. The predicted molar refractivity (Wildman–Crippen MR) is 81.1 cm³/mol. The summed E-state index contributed by atoms with van der Waals surface area (Å²) in [5, 5.41) is 0. The number of aryl methyl sites for hydroxylation is 1. The number of piperazine rings is 1. The highest BCUT2D eigenvalue weighted by molar-refractivity contribution is 7.88. The molecule has 0 atom stereocenters. The molecule has 1 saturated heterocycles. The van der Waals surface area contributed by atoms with E-state index in [1.807, 2.05) is 0 Å². The van der Waals surface area contributed by atoms with Crippen LogP contribution < -0.4 is 0 Å². The average molecular weight is 323 g/mol. The van der Waals surface area contributed by atoms with Crippen molar-refractivity contribution in [1.29, 1.82) is 0 Å². The van der Waals surface area contributed by atoms with Gasteiger partial charge in [0.25, 0.3) is 5.91 Å². The lowest BCUT2D eigenvalue weighted by atomic mass is 10.1. The third-order valence-corrected chi connectivity index (χ3v) is 5.04. The van der Waals surface area contributed by atoms with Gasteiger partial charge in [0.2, 0.25) is 10.0 Å². The molecular formula is C14H17N3O4S. The maximum atomic E-state index is 12.5. The van der Waals surface area contributed by atoms with Crippen molar-refractivity contribution in [2.75, 3.05) is 32.4 Å². The van der Waals surface area contributed by atoms with Crippen molar-refractivity contribution in [3.63, 3.8) is 0 Å². The van der Waals surface area contributed by atoms with Crippen LogP contribution in [0.3, 0.4) is 0 Å². The molecule has 7 nitrogen and oxygen atoms in total. The summed E-state index contributed by atoms with van der Waals surface area (Å²) < 4.78 is 29.8. The van der Waals surface area contributed by atoms with Gasteiger partial charge in [-0.25, -0.2) is 13.4 Å². The van der Waals surface area contributed by atoms with Gasteiger partial charge in [0.15, 0.2) is 11.5 Å². The van der Waals surface area contributed by atoms with Crippen molar-refractivity contribution in [3.05, 3.63) is 29.7 Å². The molecule has 0 aliphatic carbocycles. The Hall–Kier alpha value is -1.93. The fourth-order valence-corrected chi connectivity index (χ4v) is 3.41. The molecule has 1 aliphatic rings. The van der Waals surface area contributed by atoms with E-state index in [9.17, 15) is 13.2 Å². The van der Waals surface area contributed by atoms with Crippen molar-refractivity contribution in [3.8, 4) is 0 Å². The van der Waals surface area contributed by atoms with Gasteiger partial charge in [-0.3, -0.25) is 4.79 Å². The van der Waals surface area contributed by atoms with Crippen molar-refractivity contribution in [1.82, 2.24) is 14.2 Å². The molecule has 1 aliphatic heterocycles. The van der Waals surface area contributed by atoms with E-state index in [0.717, 1.165) is 0 Å². The molecule has 0 N–H and O–H groups in total. The second-order valence-corrected chi connectivity index (χ2v) is 7.35. The molecule has 0 unspecified atom stereocenters. The zero-order valence-corrected chi connectivity index (χ0v) is 13.3. The first-order valence-electron chi connectivity index (χ1n) is 6.96. The Balaban J connectivity index is 1.76. The number of carbonyl (C=O) groups excluding carboxylic acids is 1. The normalized spacial score (nSPS) is 17.1. The monoisotopic (exact) mass is 323 g/mol. The molecule has 1 amide bonds. The summed E-state index contributed by atoms with van der Waals surface area (Å²) in [5.41, 5.74) is 1.84. The molecule has 8 heteroatoms. The van der Waals surface area contributed by atoms with E-state index in [4.69, 9.17) is 4.42 Å². The number of hydrogen-bond donors (Lipinski definition) is 0. The number of sulfonamides is 1. The van der Waals surface area contributed by atoms with E-state index in [1.165, 1.54) is 10.6 Å². The lowest BCUT2D eigenvalue weighted by Gasteiger charge is -2.33. The predicted octanol–water partition coefficient (Wildman–Crippen LogP) is 0.854. The minimum atomic E-state index is -3.19. The minimum Gasteiger partial charge on any atom is -0.441 e. The zero-order valence-electron chi connectivity index (χ0n) is 12.4. The van der Waals surface area contributed by atoms with Crippen molar-refractivity contribution in [2.24, 2.45) is 0 Å². The van der Waals surface area contributed by atoms with Gasteiger partial charge in [-0.15, -0.1) is 0 Å².